The van der Waals surface area contributed by atoms with Gasteiger partial charge in [-0.1, -0.05) is 109 Å². The van der Waals surface area contributed by atoms with Crippen LogP contribution >= 0.6 is 0 Å². The third kappa shape index (κ3) is 4.03. The molecule has 0 spiro atoms. The lowest BCUT2D eigenvalue weighted by Crippen LogP contribution is -2.32. The van der Waals surface area contributed by atoms with Crippen molar-refractivity contribution in [3.63, 3.8) is 0 Å². The summed E-state index contributed by atoms with van der Waals surface area (Å²) < 4.78 is 2.42. The maximum Gasteiger partial charge on any atom is 0.125 e. The first kappa shape index (κ1) is 26.1. The molecule has 4 nitrogen and oxygen atoms in total. The maximum absolute atomic E-state index is 5.01. The molecule has 0 saturated carbocycles. The highest BCUT2D eigenvalue weighted by molar-refractivity contribution is 6.09. The summed E-state index contributed by atoms with van der Waals surface area (Å²) in [5.41, 5.74) is 8.59. The van der Waals surface area contributed by atoms with E-state index in [0.29, 0.717) is 0 Å². The Kier molecular flexibility index (Phi) is 6.27. The van der Waals surface area contributed by atoms with Gasteiger partial charge in [0.1, 0.15) is 6.17 Å². The van der Waals surface area contributed by atoms with Crippen LogP contribution in [-0.4, -0.2) is 21.5 Å². The molecule has 0 bridgehead atoms. The Balaban J connectivity index is 1.42. The number of nitrogens with one attached hydrogen (secondary N) is 1. The van der Waals surface area contributed by atoms with Crippen LogP contribution in [0.2, 0.25) is 0 Å². The van der Waals surface area contributed by atoms with Crippen LogP contribution in [0.5, 0.6) is 0 Å². The molecule has 0 radical (unpaired) electrons. The SMILES string of the molecule is CN1C=CNC1c1ccc2c3ccccc3n(-c3cccc(C(c4ccccc4)(c4ccccc4)c4ccccn4)c3)c2c1. The van der Waals surface area contributed by atoms with E-state index >= 15 is 0 Å². The van der Waals surface area contributed by atoms with Gasteiger partial charge in [0, 0.05) is 42.1 Å². The van der Waals surface area contributed by atoms with E-state index in [-0.39, 0.29) is 6.17 Å². The van der Waals surface area contributed by atoms with Gasteiger partial charge in [-0.15, -0.1) is 0 Å². The standard InChI is InChI=1S/C40H32N4/c1-43-26-25-42-39(43)29-22-23-35-34-19-8-9-20-36(34)44(37(35)27-29)33-18-12-17-32(28-33)40(30-13-4-2-5-14-30,31-15-6-3-7-16-31)38-21-10-11-24-41-38/h2-28,39,42H,1H3. The lowest BCUT2D eigenvalue weighted by atomic mass is 9.67. The number of fused-ring (bicyclic) bond motifs is 3. The van der Waals surface area contributed by atoms with Crippen molar-refractivity contribution in [1.29, 1.82) is 0 Å². The van der Waals surface area contributed by atoms with Gasteiger partial charge in [-0.3, -0.25) is 4.98 Å². The Morgan fingerprint density at radius 1 is 0.614 bits per heavy atom. The van der Waals surface area contributed by atoms with Crippen LogP contribution in [0.25, 0.3) is 27.5 Å². The zero-order valence-electron chi connectivity index (χ0n) is 24.5. The molecule has 0 fully saturated rings. The van der Waals surface area contributed by atoms with Crippen LogP contribution in [0.15, 0.2) is 164 Å². The molecule has 1 N–H and O–H groups in total. The van der Waals surface area contributed by atoms with Gasteiger partial charge in [0.2, 0.25) is 0 Å². The number of hydrogen-bond acceptors (Lipinski definition) is 3. The summed E-state index contributed by atoms with van der Waals surface area (Å²) in [4.78, 5) is 7.22. The topological polar surface area (TPSA) is 33.1 Å². The molecule has 44 heavy (non-hydrogen) atoms. The predicted molar refractivity (Wildman–Crippen MR) is 180 cm³/mol. The summed E-state index contributed by atoms with van der Waals surface area (Å²) in [5.74, 6) is 0. The Hall–Kier alpha value is -5.61. The Labute approximate surface area is 257 Å². The van der Waals surface area contributed by atoms with Crippen molar-refractivity contribution < 1.29 is 0 Å². The molecule has 0 aliphatic carbocycles. The average molecular weight is 569 g/mol. The number of nitrogens with zero attached hydrogens (tertiary/aromatic N) is 3. The van der Waals surface area contributed by atoms with Gasteiger partial charge < -0.3 is 14.8 Å². The molecule has 0 saturated heterocycles. The summed E-state index contributed by atoms with van der Waals surface area (Å²) in [6, 6.07) is 52.3. The van der Waals surface area contributed by atoms with E-state index in [1.54, 1.807) is 0 Å². The summed E-state index contributed by atoms with van der Waals surface area (Å²) in [7, 11) is 2.11. The van der Waals surface area contributed by atoms with Crippen molar-refractivity contribution in [1.82, 2.24) is 19.8 Å². The highest BCUT2D eigenvalue weighted by Gasteiger charge is 2.39. The summed E-state index contributed by atoms with van der Waals surface area (Å²) in [5, 5.41) is 5.98. The quantitative estimate of drug-likeness (QED) is 0.204. The van der Waals surface area contributed by atoms with Gasteiger partial charge in [0.25, 0.3) is 0 Å². The van der Waals surface area contributed by atoms with Crippen LogP contribution in [-0.2, 0) is 5.41 Å². The summed E-state index contributed by atoms with van der Waals surface area (Å²) in [6.07, 6.45) is 6.10. The molecule has 1 aliphatic rings. The van der Waals surface area contributed by atoms with E-state index in [0.717, 1.165) is 16.9 Å². The van der Waals surface area contributed by atoms with E-state index < -0.39 is 5.41 Å². The lowest BCUT2D eigenvalue weighted by Gasteiger charge is -2.36. The summed E-state index contributed by atoms with van der Waals surface area (Å²) >= 11 is 0. The van der Waals surface area contributed by atoms with E-state index in [2.05, 4.69) is 168 Å². The molecular formula is C40H32N4. The van der Waals surface area contributed by atoms with Crippen molar-refractivity contribution in [3.05, 3.63) is 192 Å². The third-order valence-corrected chi connectivity index (χ3v) is 8.98. The van der Waals surface area contributed by atoms with Crippen LogP contribution < -0.4 is 5.32 Å². The first-order valence-electron chi connectivity index (χ1n) is 15.1. The minimum Gasteiger partial charge on any atom is -0.366 e. The molecule has 1 atom stereocenters. The maximum atomic E-state index is 5.01. The molecule has 8 rings (SSSR count). The van der Waals surface area contributed by atoms with Gasteiger partial charge >= 0.3 is 0 Å². The second-order valence-corrected chi connectivity index (χ2v) is 11.4. The molecule has 5 aromatic carbocycles. The van der Waals surface area contributed by atoms with E-state index in [1.165, 1.54) is 38.5 Å². The van der Waals surface area contributed by atoms with Gasteiger partial charge in [0.15, 0.2) is 0 Å². The Bertz CT molecular complexity index is 2020. The zero-order chi connectivity index (χ0) is 29.5. The van der Waals surface area contributed by atoms with Crippen LogP contribution in [0.3, 0.4) is 0 Å². The second kappa shape index (κ2) is 10.6. The average Bonchev–Trinajstić information content (AvgIpc) is 3.67. The molecule has 2 aromatic heterocycles. The minimum atomic E-state index is -0.619. The molecule has 3 heterocycles. The highest BCUT2D eigenvalue weighted by Crippen LogP contribution is 2.45. The van der Waals surface area contributed by atoms with Crippen LogP contribution in [0, 0.1) is 0 Å². The fourth-order valence-electron chi connectivity index (χ4n) is 7.01. The first-order chi connectivity index (χ1) is 21.7. The van der Waals surface area contributed by atoms with Crippen LogP contribution in [0.4, 0.5) is 0 Å². The third-order valence-electron chi connectivity index (χ3n) is 8.98. The van der Waals surface area contributed by atoms with Crippen molar-refractivity contribution in [2.75, 3.05) is 7.05 Å². The van der Waals surface area contributed by atoms with Crippen LogP contribution in [0.1, 0.15) is 34.1 Å². The number of hydrogen-bond donors (Lipinski definition) is 1. The largest absolute Gasteiger partial charge is 0.366 e. The molecular weight excluding hydrogens is 536 g/mol. The zero-order valence-corrected chi connectivity index (χ0v) is 24.5. The minimum absolute atomic E-state index is 0.102. The van der Waals surface area contributed by atoms with Crippen molar-refractivity contribution in [3.8, 4) is 5.69 Å². The molecule has 212 valence electrons. The van der Waals surface area contributed by atoms with Gasteiger partial charge in [-0.25, -0.2) is 0 Å². The lowest BCUT2D eigenvalue weighted by molar-refractivity contribution is 0.340. The van der Waals surface area contributed by atoms with E-state index in [1.807, 2.05) is 18.5 Å². The van der Waals surface area contributed by atoms with E-state index in [4.69, 9.17) is 4.98 Å². The van der Waals surface area contributed by atoms with E-state index in [9.17, 15) is 0 Å². The van der Waals surface area contributed by atoms with Crippen molar-refractivity contribution in [2.24, 2.45) is 0 Å². The highest BCUT2D eigenvalue weighted by atomic mass is 15.3. The van der Waals surface area contributed by atoms with Crippen molar-refractivity contribution in [2.45, 2.75) is 11.6 Å². The smallest absolute Gasteiger partial charge is 0.125 e. The molecule has 0 amide bonds. The number of benzene rings is 5. The number of pyridine rings is 1. The number of aromatic nitrogens is 2. The van der Waals surface area contributed by atoms with Gasteiger partial charge in [-0.2, -0.15) is 0 Å². The van der Waals surface area contributed by atoms with Crippen molar-refractivity contribution >= 4 is 21.8 Å². The second-order valence-electron chi connectivity index (χ2n) is 11.4. The van der Waals surface area contributed by atoms with Gasteiger partial charge in [-0.05, 0) is 58.7 Å². The summed E-state index contributed by atoms with van der Waals surface area (Å²) in [6.45, 7) is 0. The molecule has 7 aromatic rings. The fraction of sp³-hybridized carbons (Fsp3) is 0.0750. The molecule has 1 unspecified atom stereocenters. The molecule has 4 heteroatoms. The Morgan fingerprint density at radius 2 is 1.30 bits per heavy atom. The molecule has 1 aliphatic heterocycles. The predicted octanol–water partition coefficient (Wildman–Crippen LogP) is 8.57. The Morgan fingerprint density at radius 3 is 2.00 bits per heavy atom. The fourth-order valence-corrected chi connectivity index (χ4v) is 7.01. The first-order valence-corrected chi connectivity index (χ1v) is 15.1. The number of para-hydroxylation sites is 1. The normalized spacial score (nSPS) is 14.8. The number of rotatable bonds is 6. The monoisotopic (exact) mass is 568 g/mol. The van der Waals surface area contributed by atoms with Gasteiger partial charge in [0.05, 0.1) is 22.1 Å².